The van der Waals surface area contributed by atoms with Gasteiger partial charge in [0.1, 0.15) is 0 Å². The minimum Gasteiger partial charge on any atom is -0.355 e. The van der Waals surface area contributed by atoms with Crippen LogP contribution >= 0.6 is 0 Å². The fraction of sp³-hybridized carbons (Fsp3) is 0.722. The van der Waals surface area contributed by atoms with Crippen LogP contribution in [0.3, 0.4) is 0 Å². The summed E-state index contributed by atoms with van der Waals surface area (Å²) in [7, 11) is 0. The van der Waals surface area contributed by atoms with Gasteiger partial charge in [-0.15, -0.1) is 0 Å². The molecule has 22 heavy (non-hydrogen) atoms. The Bertz CT molecular complexity index is 622. The number of hydrogen-bond acceptors (Lipinski definition) is 3. The van der Waals surface area contributed by atoms with Crippen molar-refractivity contribution in [1.29, 1.82) is 0 Å². The van der Waals surface area contributed by atoms with Crippen LogP contribution in [0.15, 0.2) is 11.6 Å². The molecule has 0 aromatic rings. The van der Waals surface area contributed by atoms with Gasteiger partial charge in [-0.1, -0.05) is 13.8 Å². The summed E-state index contributed by atoms with van der Waals surface area (Å²) in [6.45, 7) is 4.95. The van der Waals surface area contributed by atoms with Crippen LogP contribution in [0.1, 0.15) is 46.0 Å². The molecule has 3 fully saturated rings. The molecule has 0 aromatic carbocycles. The number of carbonyl (C=O) groups excluding carboxylic acids is 3. The molecule has 3 aliphatic carbocycles. The summed E-state index contributed by atoms with van der Waals surface area (Å²) in [5.41, 5.74) is 0.301. The number of ketones is 2. The maximum absolute atomic E-state index is 12.7. The van der Waals surface area contributed by atoms with Crippen molar-refractivity contribution in [2.45, 2.75) is 46.0 Å². The van der Waals surface area contributed by atoms with Gasteiger partial charge in [0.15, 0.2) is 11.6 Å². The first-order valence-corrected chi connectivity index (χ1v) is 8.43. The van der Waals surface area contributed by atoms with E-state index in [1.165, 1.54) is 0 Å². The second-order valence-corrected chi connectivity index (χ2v) is 8.11. The summed E-state index contributed by atoms with van der Waals surface area (Å²) in [6, 6.07) is 0. The van der Waals surface area contributed by atoms with Crippen molar-refractivity contribution in [1.82, 2.24) is 5.32 Å². The third-order valence-corrected chi connectivity index (χ3v) is 7.18. The Morgan fingerprint density at radius 3 is 2.64 bits per heavy atom. The Labute approximate surface area is 130 Å². The van der Waals surface area contributed by atoms with E-state index in [0.29, 0.717) is 25.3 Å². The van der Waals surface area contributed by atoms with E-state index in [0.717, 1.165) is 24.8 Å². The fourth-order valence-electron chi connectivity index (χ4n) is 5.77. The van der Waals surface area contributed by atoms with Gasteiger partial charge in [0.25, 0.3) is 0 Å². The van der Waals surface area contributed by atoms with E-state index in [4.69, 9.17) is 0 Å². The lowest BCUT2D eigenvalue weighted by Crippen LogP contribution is -2.53. The van der Waals surface area contributed by atoms with E-state index < -0.39 is 0 Å². The number of amides is 1. The van der Waals surface area contributed by atoms with Gasteiger partial charge >= 0.3 is 0 Å². The second-order valence-electron chi connectivity index (χ2n) is 8.11. The van der Waals surface area contributed by atoms with E-state index in [9.17, 15) is 14.4 Å². The summed E-state index contributed by atoms with van der Waals surface area (Å²) < 4.78 is 0. The Morgan fingerprint density at radius 2 is 1.86 bits per heavy atom. The molecule has 5 atom stereocenters. The van der Waals surface area contributed by atoms with E-state index in [-0.39, 0.29) is 40.1 Å². The van der Waals surface area contributed by atoms with E-state index in [2.05, 4.69) is 19.2 Å². The summed E-state index contributed by atoms with van der Waals surface area (Å²) in [5.74, 6) is 1.36. The van der Waals surface area contributed by atoms with Crippen LogP contribution in [0.25, 0.3) is 0 Å². The number of allylic oxidation sites excluding steroid dienone is 2. The molecule has 1 saturated heterocycles. The van der Waals surface area contributed by atoms with E-state index in [1.807, 2.05) is 0 Å². The Hall–Kier alpha value is -1.45. The molecule has 4 heteroatoms. The summed E-state index contributed by atoms with van der Waals surface area (Å²) in [5, 5.41) is 3.02. The molecular weight excluding hydrogens is 278 g/mol. The summed E-state index contributed by atoms with van der Waals surface area (Å²) in [4.78, 5) is 36.7. The molecule has 1 aliphatic heterocycles. The molecule has 0 spiro atoms. The molecule has 0 radical (unpaired) electrons. The van der Waals surface area contributed by atoms with Crippen molar-refractivity contribution in [3.63, 3.8) is 0 Å². The number of Topliss-reactive ketones (excluding diaryl/α,β-unsaturated/α-hetero) is 1. The quantitative estimate of drug-likeness (QED) is 0.744. The average molecular weight is 301 g/mol. The van der Waals surface area contributed by atoms with Crippen molar-refractivity contribution in [3.05, 3.63) is 11.6 Å². The largest absolute Gasteiger partial charge is 0.355 e. The molecule has 0 bridgehead atoms. The lowest BCUT2D eigenvalue weighted by atomic mass is 9.47. The highest BCUT2D eigenvalue weighted by molar-refractivity contribution is 6.06. The van der Waals surface area contributed by atoms with Gasteiger partial charge in [0.2, 0.25) is 5.91 Å². The number of fused-ring (bicyclic) bond motifs is 5. The van der Waals surface area contributed by atoms with Crippen LogP contribution < -0.4 is 5.32 Å². The van der Waals surface area contributed by atoms with Gasteiger partial charge in [0.05, 0.1) is 5.41 Å². The van der Waals surface area contributed by atoms with Crippen LogP contribution in [-0.4, -0.2) is 24.0 Å². The topological polar surface area (TPSA) is 63.2 Å². The van der Waals surface area contributed by atoms with E-state index in [1.54, 1.807) is 6.08 Å². The highest BCUT2D eigenvalue weighted by atomic mass is 16.2. The monoisotopic (exact) mass is 301 g/mol. The van der Waals surface area contributed by atoms with E-state index >= 15 is 0 Å². The first-order chi connectivity index (χ1) is 10.4. The number of carbonyl (C=O) groups is 3. The molecular formula is C18H23NO3. The SMILES string of the molecule is C[C@]12CCC(=O)C=C1C(=O)C[C@@H]1[C@H]2CC[C@]2(C)C(=O)NC[C@@H]12. The number of hydrogen-bond donors (Lipinski definition) is 1. The zero-order valence-electron chi connectivity index (χ0n) is 13.3. The van der Waals surface area contributed by atoms with Crippen LogP contribution in [0, 0.1) is 28.6 Å². The normalized spacial score (nSPS) is 47.3. The molecule has 0 unspecified atom stereocenters. The Balaban J connectivity index is 1.76. The first kappa shape index (κ1) is 14.2. The van der Waals surface area contributed by atoms with Crippen molar-refractivity contribution >= 4 is 17.5 Å². The lowest BCUT2D eigenvalue weighted by molar-refractivity contribution is -0.138. The molecule has 2 saturated carbocycles. The molecule has 4 rings (SSSR count). The molecule has 1 N–H and O–H groups in total. The second kappa shape index (κ2) is 4.30. The van der Waals surface area contributed by atoms with Crippen molar-refractivity contribution in [3.8, 4) is 0 Å². The molecule has 1 heterocycles. The zero-order valence-corrected chi connectivity index (χ0v) is 13.3. The van der Waals surface area contributed by atoms with Gasteiger partial charge < -0.3 is 5.32 Å². The predicted octanol–water partition coefficient (Wildman–Crippen LogP) is 2.03. The van der Waals surface area contributed by atoms with Crippen LogP contribution in [-0.2, 0) is 14.4 Å². The van der Waals surface area contributed by atoms with Crippen LogP contribution in [0.2, 0.25) is 0 Å². The lowest BCUT2D eigenvalue weighted by Gasteiger charge is -2.55. The van der Waals surface area contributed by atoms with Gasteiger partial charge in [-0.25, -0.2) is 0 Å². The first-order valence-electron chi connectivity index (χ1n) is 8.43. The summed E-state index contributed by atoms with van der Waals surface area (Å²) in [6.07, 6.45) is 5.35. The molecule has 118 valence electrons. The predicted molar refractivity (Wildman–Crippen MR) is 80.9 cm³/mol. The fourth-order valence-corrected chi connectivity index (χ4v) is 5.77. The van der Waals surface area contributed by atoms with Crippen molar-refractivity contribution < 1.29 is 14.4 Å². The van der Waals surface area contributed by atoms with Gasteiger partial charge in [-0.2, -0.15) is 0 Å². The standard InChI is InChI=1S/C18H23NO3/c1-17-5-3-10(20)7-13(17)15(21)8-11-12(17)4-6-18(2)14(11)9-19-16(18)22/h7,11-12,14H,3-6,8-9H2,1-2H3,(H,19,22)/t11-,12-,14+,17-,18+/m1/s1. The molecule has 4 nitrogen and oxygen atoms in total. The van der Waals surface area contributed by atoms with Crippen molar-refractivity contribution in [2.24, 2.45) is 28.6 Å². The van der Waals surface area contributed by atoms with Gasteiger partial charge in [-0.3, -0.25) is 14.4 Å². The smallest absolute Gasteiger partial charge is 0.226 e. The van der Waals surface area contributed by atoms with Crippen LogP contribution in [0.5, 0.6) is 0 Å². The Morgan fingerprint density at radius 1 is 1.09 bits per heavy atom. The minimum atomic E-state index is -0.302. The maximum atomic E-state index is 12.7. The zero-order chi connectivity index (χ0) is 15.7. The number of rotatable bonds is 0. The number of nitrogens with one attached hydrogen (secondary N) is 1. The highest BCUT2D eigenvalue weighted by Crippen LogP contribution is 2.61. The average Bonchev–Trinajstić information content (AvgIpc) is 2.77. The minimum absolute atomic E-state index is 0.0950. The van der Waals surface area contributed by atoms with Crippen molar-refractivity contribution in [2.75, 3.05) is 6.54 Å². The summed E-state index contributed by atoms with van der Waals surface area (Å²) >= 11 is 0. The third-order valence-electron chi connectivity index (χ3n) is 7.18. The molecule has 4 aliphatic rings. The maximum Gasteiger partial charge on any atom is 0.226 e. The van der Waals surface area contributed by atoms with Gasteiger partial charge in [0, 0.05) is 25.0 Å². The molecule has 0 aromatic heterocycles. The Kier molecular flexibility index (Phi) is 2.77. The van der Waals surface area contributed by atoms with Gasteiger partial charge in [-0.05, 0) is 48.5 Å². The van der Waals surface area contributed by atoms with Crippen LogP contribution in [0.4, 0.5) is 0 Å². The highest BCUT2D eigenvalue weighted by Gasteiger charge is 2.60. The third kappa shape index (κ3) is 1.61. The molecule has 1 amide bonds.